The number of para-hydroxylation sites is 2. The lowest BCUT2D eigenvalue weighted by Crippen LogP contribution is -2.39. The van der Waals surface area contributed by atoms with Crippen LogP contribution in [0.1, 0.15) is 110 Å². The van der Waals surface area contributed by atoms with Crippen molar-refractivity contribution in [1.29, 1.82) is 0 Å². The number of aliphatic imine (C=N–C) groups is 1. The number of ether oxygens (including phenoxy) is 5. The molecule has 436 valence electrons. The molecule has 0 spiro atoms. The molecule has 0 aliphatic carbocycles. The Morgan fingerprint density at radius 2 is 1.42 bits per heavy atom. The van der Waals surface area contributed by atoms with E-state index in [1.807, 2.05) is 114 Å². The maximum atomic E-state index is 13.1. The van der Waals surface area contributed by atoms with Gasteiger partial charge in [0.1, 0.15) is 18.6 Å². The van der Waals surface area contributed by atoms with Gasteiger partial charge in [-0.2, -0.15) is 0 Å². The lowest BCUT2D eigenvalue weighted by atomic mass is 10.1. The van der Waals surface area contributed by atoms with Crippen molar-refractivity contribution in [3.8, 4) is 17.2 Å². The number of nitrogens with zero attached hydrogens (tertiary/aromatic N) is 3. The Balaban J connectivity index is 0.000000289. The van der Waals surface area contributed by atoms with Gasteiger partial charge in [0.2, 0.25) is 11.8 Å². The highest BCUT2D eigenvalue weighted by Crippen LogP contribution is 2.37. The normalized spacial score (nSPS) is 14.5. The minimum Gasteiger partial charge on any atom is -0.497 e. The predicted molar refractivity (Wildman–Crippen MR) is 321 cm³/mol. The zero-order chi connectivity index (χ0) is 59.6. The second-order valence-corrected chi connectivity index (χ2v) is 19.5. The fourth-order valence-corrected chi connectivity index (χ4v) is 8.96. The van der Waals surface area contributed by atoms with E-state index in [-0.39, 0.29) is 54.3 Å². The van der Waals surface area contributed by atoms with Crippen LogP contribution in [0.3, 0.4) is 0 Å². The number of aldehydes is 2. The van der Waals surface area contributed by atoms with E-state index in [0.717, 1.165) is 47.9 Å². The highest BCUT2D eigenvalue weighted by molar-refractivity contribution is 6.11. The van der Waals surface area contributed by atoms with Crippen molar-refractivity contribution in [2.75, 3.05) is 70.0 Å². The summed E-state index contributed by atoms with van der Waals surface area (Å²) in [5.41, 5.74) is 9.39. The van der Waals surface area contributed by atoms with E-state index in [2.05, 4.69) is 61.0 Å². The first-order valence-electron chi connectivity index (χ1n) is 27.4. The molecule has 2 heterocycles. The van der Waals surface area contributed by atoms with Gasteiger partial charge >= 0.3 is 5.97 Å². The molecular weight excluding hydrogens is 1030 g/mol. The molecule has 5 aromatic carbocycles. The van der Waals surface area contributed by atoms with Crippen LogP contribution in [-0.4, -0.2) is 116 Å². The quantitative estimate of drug-likeness (QED) is 0.0207. The number of anilines is 4. The number of esters is 1. The minimum absolute atomic E-state index is 0.000648. The minimum atomic E-state index is -0.428. The van der Waals surface area contributed by atoms with Crippen LogP contribution in [0, 0.1) is 5.92 Å². The number of rotatable bonds is 23. The molecule has 4 atom stereocenters. The zero-order valence-electron chi connectivity index (χ0n) is 49.3. The first-order chi connectivity index (χ1) is 39.0. The number of methoxy groups -OCH3 is 4. The van der Waals surface area contributed by atoms with Gasteiger partial charge in [-0.15, -0.1) is 0 Å². The van der Waals surface area contributed by atoms with Crippen molar-refractivity contribution >= 4 is 70.9 Å². The number of carbonyl (C=O) groups excluding carboxylic acids is 6. The van der Waals surface area contributed by atoms with Crippen LogP contribution in [0.15, 0.2) is 102 Å². The van der Waals surface area contributed by atoms with Crippen molar-refractivity contribution in [2.24, 2.45) is 10.9 Å². The molecule has 0 saturated heterocycles. The number of amides is 3. The van der Waals surface area contributed by atoms with Crippen LogP contribution in [0.25, 0.3) is 0 Å². The standard InChI is InChI=1S/C31H36N4O5.C18H20N2O2.C12H21NO4.C2H6/c1-20(32-2)31(37)34-25-11-21(18-38-4)10-22(12-25)19-40-30-15-27(24(17-36)14-29(30)39-5)33-16-26-13-23-8-6-7-9-28(23)35(26)3;1-12-10-13-6-4-5-7-17(13)20(12)18(21)15-11-14(22-3)8-9-16(15)19-2;1-9(2)10(8-14)13-11(15)6-4-5-7-12(16)17-3;1-2/h6-12,14-17,20,26,32H,13,18-19H2,1-5H3,(H,34,37);4-9,11-12,19H,10H2,1-3H3;8-10H,4-7H2,1-3H3,(H,13,15);1-2H3/t;12-;;/m.1../s1. The van der Waals surface area contributed by atoms with Gasteiger partial charge in [0.25, 0.3) is 5.91 Å². The fraction of sp³-hybridized carbons (Fsp3) is 0.413. The van der Waals surface area contributed by atoms with Crippen molar-refractivity contribution in [3.63, 3.8) is 0 Å². The summed E-state index contributed by atoms with van der Waals surface area (Å²) in [5, 5.41) is 11.6. The molecule has 2 aliphatic rings. The van der Waals surface area contributed by atoms with Crippen LogP contribution >= 0.6 is 0 Å². The van der Waals surface area contributed by atoms with Crippen LogP contribution in [0.2, 0.25) is 0 Å². The second-order valence-electron chi connectivity index (χ2n) is 19.5. The smallest absolute Gasteiger partial charge is 0.305 e. The SMILES string of the molecule is CC.CNC(C)C(=O)Nc1cc(COC)cc(COc2cc(N=CC3Cc4ccccc4N3C)c(C=O)cc2OC)c1.CNc1ccc(OC)cc1C(=O)N1c2ccccc2C[C@H]1C.COC(=O)CCCCC(=O)NC(C=O)C(C)C. The number of nitrogens with one attached hydrogen (secondary N) is 4. The molecule has 2 aliphatic heterocycles. The van der Waals surface area contributed by atoms with Gasteiger partial charge in [0.05, 0.1) is 57.3 Å². The average Bonchev–Trinajstić information content (AvgIpc) is 4.02. The second kappa shape index (κ2) is 33.5. The van der Waals surface area contributed by atoms with Gasteiger partial charge in [0, 0.05) is 80.7 Å². The Hall–Kier alpha value is -8.09. The summed E-state index contributed by atoms with van der Waals surface area (Å²) < 4.78 is 26.7. The predicted octanol–water partition coefficient (Wildman–Crippen LogP) is 9.96. The lowest BCUT2D eigenvalue weighted by molar-refractivity contribution is -0.140. The molecular formula is C63H83N7O11. The largest absolute Gasteiger partial charge is 0.497 e. The third-order valence-electron chi connectivity index (χ3n) is 13.6. The maximum Gasteiger partial charge on any atom is 0.305 e. The van der Waals surface area contributed by atoms with Crippen LogP contribution < -0.4 is 45.3 Å². The highest BCUT2D eigenvalue weighted by atomic mass is 16.5. The van der Waals surface area contributed by atoms with Gasteiger partial charge in [-0.3, -0.25) is 29.0 Å². The number of hydrogen-bond donors (Lipinski definition) is 4. The van der Waals surface area contributed by atoms with Gasteiger partial charge in [0.15, 0.2) is 17.8 Å². The molecule has 0 aromatic heterocycles. The Morgan fingerprint density at radius 1 is 0.765 bits per heavy atom. The van der Waals surface area contributed by atoms with E-state index < -0.39 is 6.04 Å². The molecule has 3 amide bonds. The first-order valence-corrected chi connectivity index (χ1v) is 27.4. The molecule has 81 heavy (non-hydrogen) atoms. The molecule has 5 aromatic rings. The number of fused-ring (bicyclic) bond motifs is 2. The van der Waals surface area contributed by atoms with E-state index in [1.165, 1.54) is 31.0 Å². The average molecular weight is 1110 g/mol. The third-order valence-corrected chi connectivity index (χ3v) is 13.6. The Labute approximate surface area is 478 Å². The van der Waals surface area contributed by atoms with E-state index in [9.17, 15) is 28.8 Å². The summed E-state index contributed by atoms with van der Waals surface area (Å²) in [6.45, 7) is 12.2. The number of carbonyl (C=O) groups is 6. The molecule has 18 nitrogen and oxygen atoms in total. The van der Waals surface area contributed by atoms with Crippen molar-refractivity contribution in [1.82, 2.24) is 10.6 Å². The van der Waals surface area contributed by atoms with Crippen LogP contribution in [0.4, 0.5) is 28.4 Å². The number of benzene rings is 5. The molecule has 3 unspecified atom stereocenters. The monoisotopic (exact) mass is 1110 g/mol. The zero-order valence-corrected chi connectivity index (χ0v) is 49.3. The van der Waals surface area contributed by atoms with Gasteiger partial charge in [-0.25, -0.2) is 0 Å². The molecule has 4 N–H and O–H groups in total. The van der Waals surface area contributed by atoms with Gasteiger partial charge in [-0.1, -0.05) is 64.1 Å². The molecule has 0 saturated carbocycles. The lowest BCUT2D eigenvalue weighted by Gasteiger charge is -2.24. The van der Waals surface area contributed by atoms with E-state index in [1.54, 1.807) is 46.4 Å². The van der Waals surface area contributed by atoms with E-state index in [4.69, 9.17) is 18.9 Å². The van der Waals surface area contributed by atoms with Crippen LogP contribution in [0.5, 0.6) is 17.2 Å². The summed E-state index contributed by atoms with van der Waals surface area (Å²) in [6, 6.07) is 30.4. The maximum absolute atomic E-state index is 13.1. The highest BCUT2D eigenvalue weighted by Gasteiger charge is 2.32. The number of unbranched alkanes of at least 4 members (excludes halogenated alkanes) is 1. The molecule has 7 rings (SSSR count). The fourth-order valence-electron chi connectivity index (χ4n) is 8.96. The summed E-state index contributed by atoms with van der Waals surface area (Å²) in [7, 11) is 11.7. The third kappa shape index (κ3) is 18.7. The van der Waals surface area contributed by atoms with E-state index >= 15 is 0 Å². The number of likely N-dealkylation sites (N-methyl/N-ethyl adjacent to an activating group) is 2. The van der Waals surface area contributed by atoms with Crippen molar-refractivity contribution in [3.05, 3.63) is 130 Å². The molecule has 0 bridgehead atoms. The van der Waals surface area contributed by atoms with Gasteiger partial charge < -0.3 is 59.5 Å². The Kier molecular flexibility index (Phi) is 27.1. The summed E-state index contributed by atoms with van der Waals surface area (Å²) in [6.07, 6.45) is 7.00. The molecule has 18 heteroatoms. The van der Waals surface area contributed by atoms with Crippen molar-refractivity contribution in [2.45, 2.75) is 117 Å². The van der Waals surface area contributed by atoms with Crippen molar-refractivity contribution < 1.29 is 52.5 Å². The summed E-state index contributed by atoms with van der Waals surface area (Å²) in [4.78, 5) is 79.1. The van der Waals surface area contributed by atoms with Gasteiger partial charge in [-0.05, 0) is 129 Å². The molecule has 0 fully saturated rings. The topological polar surface area (TPSA) is 216 Å². The Morgan fingerprint density at radius 3 is 2.01 bits per heavy atom. The Bertz CT molecular complexity index is 2910. The summed E-state index contributed by atoms with van der Waals surface area (Å²) >= 11 is 0. The molecule has 0 radical (unpaired) electrons. The number of hydrogen-bond acceptors (Lipinski definition) is 15. The summed E-state index contributed by atoms with van der Waals surface area (Å²) in [5.74, 6) is 1.09. The van der Waals surface area contributed by atoms with E-state index in [0.29, 0.717) is 72.0 Å². The first kappa shape index (κ1) is 65.4. The van der Waals surface area contributed by atoms with Crippen LogP contribution in [-0.2, 0) is 54.7 Å².